The molecule has 0 spiro atoms. The number of halogens is 1. The number of nitrogens with zero attached hydrogens (tertiary/aromatic N) is 2. The Kier molecular flexibility index (Phi) is 3.99. The molecule has 7 heteroatoms. The van der Waals surface area contributed by atoms with Crippen molar-refractivity contribution >= 4 is 22.3 Å². The summed E-state index contributed by atoms with van der Waals surface area (Å²) in [6, 6.07) is 9.68. The van der Waals surface area contributed by atoms with Gasteiger partial charge in [-0.3, -0.25) is 10.1 Å². The van der Waals surface area contributed by atoms with Crippen molar-refractivity contribution in [2.75, 3.05) is 18.1 Å². The SMILES string of the molecule is CCOc1cc(N2CCc3[nH]c4ccc(F)cc4c3C2)ccc1[N+](=O)[O-]. The Hall–Kier alpha value is -3.09. The highest BCUT2D eigenvalue weighted by Gasteiger charge is 2.23. The van der Waals surface area contributed by atoms with E-state index in [2.05, 4.69) is 9.88 Å². The summed E-state index contributed by atoms with van der Waals surface area (Å²) in [6.07, 6.45) is 0.798. The lowest BCUT2D eigenvalue weighted by Crippen LogP contribution is -2.30. The second-order valence-electron chi connectivity index (χ2n) is 6.29. The number of aromatic nitrogens is 1. The monoisotopic (exact) mass is 355 g/mol. The van der Waals surface area contributed by atoms with Crippen molar-refractivity contribution in [1.82, 2.24) is 4.98 Å². The molecule has 1 aromatic heterocycles. The van der Waals surface area contributed by atoms with Gasteiger partial charge in [-0.1, -0.05) is 0 Å². The van der Waals surface area contributed by atoms with Crippen LogP contribution in [0.25, 0.3) is 10.9 Å². The molecule has 2 aromatic carbocycles. The van der Waals surface area contributed by atoms with Gasteiger partial charge in [-0.05, 0) is 31.2 Å². The fourth-order valence-corrected chi connectivity index (χ4v) is 3.53. The standard InChI is InChI=1S/C19H18FN3O3/c1-2-26-19-10-13(4-6-18(19)23(24)25)22-8-7-17-15(11-22)14-9-12(20)3-5-16(14)21-17/h3-6,9-10,21H,2,7-8,11H2,1H3. The minimum atomic E-state index is -0.439. The maximum absolute atomic E-state index is 13.7. The first-order valence-corrected chi connectivity index (χ1v) is 8.52. The third kappa shape index (κ3) is 2.75. The largest absolute Gasteiger partial charge is 0.487 e. The average Bonchev–Trinajstić information content (AvgIpc) is 2.99. The van der Waals surface area contributed by atoms with Gasteiger partial charge in [-0.15, -0.1) is 0 Å². The summed E-state index contributed by atoms with van der Waals surface area (Å²) in [5.41, 5.74) is 3.94. The van der Waals surface area contributed by atoms with Gasteiger partial charge in [0.15, 0.2) is 5.75 Å². The zero-order valence-electron chi connectivity index (χ0n) is 14.3. The Balaban J connectivity index is 1.70. The molecule has 0 radical (unpaired) electrons. The van der Waals surface area contributed by atoms with Crippen molar-refractivity contribution in [2.24, 2.45) is 0 Å². The quantitative estimate of drug-likeness (QED) is 0.563. The molecule has 0 fully saturated rings. The molecule has 1 N–H and O–H groups in total. The zero-order chi connectivity index (χ0) is 18.3. The number of hydrogen-bond donors (Lipinski definition) is 1. The highest BCUT2D eigenvalue weighted by molar-refractivity contribution is 5.85. The lowest BCUT2D eigenvalue weighted by molar-refractivity contribution is -0.385. The molecule has 0 amide bonds. The molecule has 0 bridgehead atoms. The van der Waals surface area contributed by atoms with E-state index in [9.17, 15) is 14.5 Å². The topological polar surface area (TPSA) is 71.4 Å². The summed E-state index contributed by atoms with van der Waals surface area (Å²) in [5.74, 6) is 0.0103. The summed E-state index contributed by atoms with van der Waals surface area (Å²) >= 11 is 0. The maximum atomic E-state index is 13.7. The Morgan fingerprint density at radius 3 is 2.92 bits per heavy atom. The number of nitrogens with one attached hydrogen (secondary N) is 1. The van der Waals surface area contributed by atoms with Crippen molar-refractivity contribution in [2.45, 2.75) is 19.9 Å². The van der Waals surface area contributed by atoms with Gasteiger partial charge in [0.2, 0.25) is 0 Å². The number of aromatic amines is 1. The zero-order valence-corrected chi connectivity index (χ0v) is 14.3. The van der Waals surface area contributed by atoms with Crippen molar-refractivity contribution in [3.63, 3.8) is 0 Å². The second kappa shape index (κ2) is 6.33. The molecule has 1 aliphatic heterocycles. The van der Waals surface area contributed by atoms with Gasteiger partial charge in [-0.2, -0.15) is 0 Å². The van der Waals surface area contributed by atoms with E-state index in [1.54, 1.807) is 31.2 Å². The number of anilines is 1. The van der Waals surface area contributed by atoms with Gasteiger partial charge in [0.1, 0.15) is 5.82 Å². The van der Waals surface area contributed by atoms with E-state index in [1.807, 2.05) is 0 Å². The molecule has 2 heterocycles. The van der Waals surface area contributed by atoms with Gasteiger partial charge >= 0.3 is 5.69 Å². The summed E-state index contributed by atoms with van der Waals surface area (Å²) in [6.45, 7) is 3.54. The van der Waals surface area contributed by atoms with E-state index in [1.165, 1.54) is 12.1 Å². The lowest BCUT2D eigenvalue weighted by Gasteiger charge is -2.29. The van der Waals surface area contributed by atoms with Crippen LogP contribution in [0.3, 0.4) is 0 Å². The van der Waals surface area contributed by atoms with Crippen molar-refractivity contribution < 1.29 is 14.1 Å². The fourth-order valence-electron chi connectivity index (χ4n) is 3.53. The first-order valence-electron chi connectivity index (χ1n) is 8.52. The number of fused-ring (bicyclic) bond motifs is 3. The first kappa shape index (κ1) is 16.4. The van der Waals surface area contributed by atoms with E-state index in [0.717, 1.165) is 40.8 Å². The molecular weight excluding hydrogens is 337 g/mol. The summed E-state index contributed by atoms with van der Waals surface area (Å²) in [7, 11) is 0. The van der Waals surface area contributed by atoms with E-state index in [4.69, 9.17) is 4.74 Å². The maximum Gasteiger partial charge on any atom is 0.311 e. The van der Waals surface area contributed by atoms with Gasteiger partial charge in [-0.25, -0.2) is 4.39 Å². The van der Waals surface area contributed by atoms with Gasteiger partial charge in [0.25, 0.3) is 0 Å². The number of H-pyrrole nitrogens is 1. The second-order valence-corrected chi connectivity index (χ2v) is 6.29. The number of rotatable bonds is 4. The molecule has 134 valence electrons. The van der Waals surface area contributed by atoms with Gasteiger partial charge in [0.05, 0.1) is 11.5 Å². The number of benzene rings is 2. The van der Waals surface area contributed by atoms with Crippen LogP contribution in [0.15, 0.2) is 36.4 Å². The van der Waals surface area contributed by atoms with Crippen LogP contribution in [0, 0.1) is 15.9 Å². The highest BCUT2D eigenvalue weighted by atomic mass is 19.1. The smallest absolute Gasteiger partial charge is 0.311 e. The van der Waals surface area contributed by atoms with Crippen LogP contribution in [0.2, 0.25) is 0 Å². The molecule has 0 saturated heterocycles. The van der Waals surface area contributed by atoms with Gasteiger partial charge < -0.3 is 14.6 Å². The van der Waals surface area contributed by atoms with E-state index in [0.29, 0.717) is 13.2 Å². The minimum absolute atomic E-state index is 0.0394. The average molecular weight is 355 g/mol. The van der Waals surface area contributed by atoms with Crippen LogP contribution < -0.4 is 9.64 Å². The Morgan fingerprint density at radius 2 is 2.15 bits per heavy atom. The number of hydrogen-bond acceptors (Lipinski definition) is 4. The Labute approximate surface area is 149 Å². The summed E-state index contributed by atoms with van der Waals surface area (Å²) in [5, 5.41) is 12.0. The molecular formula is C19H18FN3O3. The van der Waals surface area contributed by atoms with Crippen LogP contribution in [0.5, 0.6) is 5.75 Å². The van der Waals surface area contributed by atoms with Crippen LogP contribution >= 0.6 is 0 Å². The van der Waals surface area contributed by atoms with Crippen molar-refractivity contribution in [1.29, 1.82) is 0 Å². The number of nitro benzene ring substituents is 1. The van der Waals surface area contributed by atoms with E-state index >= 15 is 0 Å². The molecule has 0 aliphatic carbocycles. The molecule has 26 heavy (non-hydrogen) atoms. The van der Waals surface area contributed by atoms with Crippen molar-refractivity contribution in [3.05, 3.63) is 63.6 Å². The fraction of sp³-hybridized carbons (Fsp3) is 0.263. The molecule has 3 aromatic rings. The van der Waals surface area contributed by atoms with Crippen LogP contribution in [0.4, 0.5) is 15.8 Å². The predicted octanol–water partition coefficient (Wildman–Crippen LogP) is 4.18. The van der Waals surface area contributed by atoms with Crippen LogP contribution in [-0.2, 0) is 13.0 Å². The molecule has 0 unspecified atom stereocenters. The molecule has 4 rings (SSSR count). The molecule has 0 atom stereocenters. The summed E-state index contributed by atoms with van der Waals surface area (Å²) in [4.78, 5) is 16.2. The first-order chi connectivity index (χ1) is 12.6. The normalized spacial score (nSPS) is 13.7. The van der Waals surface area contributed by atoms with Crippen LogP contribution in [-0.4, -0.2) is 23.1 Å². The molecule has 6 nitrogen and oxygen atoms in total. The van der Waals surface area contributed by atoms with E-state index < -0.39 is 4.92 Å². The van der Waals surface area contributed by atoms with Crippen molar-refractivity contribution in [3.8, 4) is 5.75 Å². The number of nitro groups is 1. The Morgan fingerprint density at radius 1 is 1.31 bits per heavy atom. The predicted molar refractivity (Wildman–Crippen MR) is 97.3 cm³/mol. The molecule has 0 saturated carbocycles. The third-order valence-corrected chi connectivity index (χ3v) is 4.74. The lowest BCUT2D eigenvalue weighted by atomic mass is 10.0. The summed E-state index contributed by atoms with van der Waals surface area (Å²) < 4.78 is 19.1. The van der Waals surface area contributed by atoms with E-state index in [-0.39, 0.29) is 17.3 Å². The number of ether oxygens (including phenoxy) is 1. The highest BCUT2D eigenvalue weighted by Crippen LogP contribution is 2.35. The Bertz CT molecular complexity index is 999. The minimum Gasteiger partial charge on any atom is -0.487 e. The van der Waals surface area contributed by atoms with Gasteiger partial charge in [0, 0.05) is 59.5 Å². The van der Waals surface area contributed by atoms with Crippen LogP contribution in [0.1, 0.15) is 18.2 Å². The third-order valence-electron chi connectivity index (χ3n) is 4.74. The molecule has 1 aliphatic rings.